The van der Waals surface area contributed by atoms with Crippen LogP contribution in [0.1, 0.15) is 17.4 Å². The molecule has 0 aliphatic carbocycles. The zero-order chi connectivity index (χ0) is 17.2. The van der Waals surface area contributed by atoms with E-state index in [1.165, 1.54) is 11.3 Å². The molecule has 1 atom stereocenters. The monoisotopic (exact) mass is 344 g/mol. The maximum atomic E-state index is 12.9. The topological polar surface area (TPSA) is 85.2 Å². The number of ether oxygens (including phenoxy) is 1. The summed E-state index contributed by atoms with van der Waals surface area (Å²) >= 11 is 1.31. The Balaban J connectivity index is 2.31. The van der Waals surface area contributed by atoms with E-state index < -0.39 is 22.9 Å². The molecule has 3 rings (SSSR count). The molecule has 0 bridgehead atoms. The fourth-order valence-corrected chi connectivity index (χ4v) is 3.88. The van der Waals surface area contributed by atoms with Crippen LogP contribution in [0.15, 0.2) is 48.0 Å². The zero-order valence-corrected chi connectivity index (χ0v) is 13.8. The van der Waals surface area contributed by atoms with E-state index in [-0.39, 0.29) is 6.61 Å². The second kappa shape index (κ2) is 6.45. The molecule has 2 aromatic heterocycles. The number of nitrogens with one attached hydrogen (secondary N) is 1. The molecule has 24 heavy (non-hydrogen) atoms. The number of rotatable bonds is 6. The highest BCUT2D eigenvalue weighted by atomic mass is 32.1. The third-order valence-electron chi connectivity index (χ3n) is 3.98. The molecule has 7 heteroatoms. The summed E-state index contributed by atoms with van der Waals surface area (Å²) in [6.45, 7) is 1.29. The van der Waals surface area contributed by atoms with Crippen LogP contribution < -0.4 is 0 Å². The van der Waals surface area contributed by atoms with Gasteiger partial charge in [0, 0.05) is 32.5 Å². The van der Waals surface area contributed by atoms with Gasteiger partial charge in [0.1, 0.15) is 0 Å². The van der Waals surface area contributed by atoms with Crippen molar-refractivity contribution in [3.8, 4) is 0 Å². The highest BCUT2D eigenvalue weighted by Crippen LogP contribution is 2.40. The zero-order valence-electron chi connectivity index (χ0n) is 13.0. The van der Waals surface area contributed by atoms with Gasteiger partial charge in [-0.3, -0.25) is 14.9 Å². The van der Waals surface area contributed by atoms with E-state index in [2.05, 4.69) is 4.98 Å². The molecular weight excluding hydrogens is 328 g/mol. The molecule has 0 aliphatic heterocycles. The summed E-state index contributed by atoms with van der Waals surface area (Å²) in [5.41, 5.74) is -0.0791. The van der Waals surface area contributed by atoms with Gasteiger partial charge in [-0.2, -0.15) is 0 Å². The maximum absolute atomic E-state index is 12.9. The number of aromatic nitrogens is 1. The van der Waals surface area contributed by atoms with E-state index in [0.717, 1.165) is 10.9 Å². The number of hydrogen-bond donors (Lipinski definition) is 1. The normalized spacial score (nSPS) is 13.5. The van der Waals surface area contributed by atoms with Crippen molar-refractivity contribution >= 4 is 28.2 Å². The number of carbonyl (C=O) groups is 1. The van der Waals surface area contributed by atoms with Crippen LogP contribution in [0.25, 0.3) is 10.9 Å². The largest absolute Gasteiger partial charge is 0.465 e. The van der Waals surface area contributed by atoms with E-state index in [1.807, 2.05) is 24.3 Å². The Bertz CT molecular complexity index is 872. The average Bonchev–Trinajstić information content (AvgIpc) is 3.23. The second-order valence-electron chi connectivity index (χ2n) is 5.34. The first-order chi connectivity index (χ1) is 11.6. The summed E-state index contributed by atoms with van der Waals surface area (Å²) in [5, 5.41) is 14.0. The number of H-pyrrole nitrogens is 1. The lowest BCUT2D eigenvalue weighted by molar-refractivity contribution is -0.486. The number of thiophene rings is 1. The maximum Gasteiger partial charge on any atom is 0.328 e. The van der Waals surface area contributed by atoms with Crippen LogP contribution in [0.2, 0.25) is 0 Å². The van der Waals surface area contributed by atoms with Crippen molar-refractivity contribution in [2.75, 3.05) is 13.2 Å². The van der Waals surface area contributed by atoms with Gasteiger partial charge in [-0.15, -0.1) is 11.3 Å². The van der Waals surface area contributed by atoms with E-state index in [9.17, 15) is 14.9 Å². The molecule has 1 N–H and O–H groups in total. The van der Waals surface area contributed by atoms with Crippen LogP contribution >= 0.6 is 11.3 Å². The van der Waals surface area contributed by atoms with Gasteiger partial charge < -0.3 is 9.72 Å². The molecule has 0 unspecified atom stereocenters. The first kappa shape index (κ1) is 16.2. The van der Waals surface area contributed by atoms with Crippen molar-refractivity contribution in [2.45, 2.75) is 12.3 Å². The van der Waals surface area contributed by atoms with Crippen molar-refractivity contribution < 1.29 is 14.5 Å². The van der Waals surface area contributed by atoms with Crippen molar-refractivity contribution in [3.05, 3.63) is 68.5 Å². The van der Waals surface area contributed by atoms with Crippen LogP contribution in [-0.2, 0) is 14.9 Å². The number of aromatic amines is 1. The minimum absolute atomic E-state index is 0.159. The Labute approximate surface area is 142 Å². The molecule has 0 saturated heterocycles. The van der Waals surface area contributed by atoms with Gasteiger partial charge in [0.05, 0.1) is 6.61 Å². The van der Waals surface area contributed by atoms with E-state index in [1.54, 1.807) is 30.6 Å². The van der Waals surface area contributed by atoms with Gasteiger partial charge in [0.25, 0.3) is 0 Å². The number of fused-ring (bicyclic) bond motifs is 1. The van der Waals surface area contributed by atoms with Gasteiger partial charge in [0.2, 0.25) is 6.54 Å². The van der Waals surface area contributed by atoms with Crippen LogP contribution in [-0.4, -0.2) is 29.0 Å². The first-order valence-electron chi connectivity index (χ1n) is 7.49. The van der Waals surface area contributed by atoms with E-state index in [0.29, 0.717) is 10.4 Å². The molecule has 6 nitrogen and oxygen atoms in total. The Morgan fingerprint density at radius 2 is 2.12 bits per heavy atom. The third-order valence-corrected chi connectivity index (χ3v) is 5.01. The van der Waals surface area contributed by atoms with Crippen molar-refractivity contribution in [1.29, 1.82) is 0 Å². The number of benzene rings is 1. The number of para-hydroxylation sites is 1. The predicted octanol–water partition coefficient (Wildman–Crippen LogP) is 3.36. The number of carbonyl (C=O) groups excluding carboxylic acids is 1. The minimum atomic E-state index is -1.46. The highest BCUT2D eigenvalue weighted by molar-refractivity contribution is 7.10. The quantitative estimate of drug-likeness (QED) is 0.422. The van der Waals surface area contributed by atoms with Crippen LogP contribution in [0.5, 0.6) is 0 Å². The van der Waals surface area contributed by atoms with Gasteiger partial charge in [-0.05, 0) is 24.4 Å². The molecule has 124 valence electrons. The lowest BCUT2D eigenvalue weighted by Crippen LogP contribution is -2.44. The standard InChI is InChI=1S/C17H16N2O4S/c1-2-23-16(20)17(11-19(21)22,15-8-5-9-24-15)13-10-18-14-7-4-3-6-12(13)14/h3-10,18H,2,11H2,1H3/t17-/m1/s1. The minimum Gasteiger partial charge on any atom is -0.465 e. The smallest absolute Gasteiger partial charge is 0.328 e. The summed E-state index contributed by atoms with van der Waals surface area (Å²) in [6.07, 6.45) is 1.67. The van der Waals surface area contributed by atoms with Gasteiger partial charge in [-0.25, -0.2) is 0 Å². The van der Waals surface area contributed by atoms with Gasteiger partial charge >= 0.3 is 5.97 Å². The van der Waals surface area contributed by atoms with Crippen LogP contribution in [0, 0.1) is 10.1 Å². The highest BCUT2D eigenvalue weighted by Gasteiger charge is 2.50. The summed E-state index contributed by atoms with van der Waals surface area (Å²) in [5.74, 6) is -0.603. The van der Waals surface area contributed by atoms with Crippen molar-refractivity contribution in [1.82, 2.24) is 4.98 Å². The second-order valence-corrected chi connectivity index (χ2v) is 6.29. The molecular formula is C17H16N2O4S. The Kier molecular flexibility index (Phi) is 4.35. The molecule has 3 aromatic rings. The summed E-state index contributed by atoms with van der Waals surface area (Å²) in [4.78, 5) is 27.6. The predicted molar refractivity (Wildman–Crippen MR) is 91.9 cm³/mol. The van der Waals surface area contributed by atoms with Gasteiger partial charge in [0.15, 0.2) is 5.41 Å². The molecule has 0 fully saturated rings. The van der Waals surface area contributed by atoms with Crippen LogP contribution in [0.3, 0.4) is 0 Å². The molecule has 2 heterocycles. The molecule has 0 amide bonds. The summed E-state index contributed by atoms with van der Waals surface area (Å²) in [6, 6.07) is 11.0. The summed E-state index contributed by atoms with van der Waals surface area (Å²) < 4.78 is 5.25. The number of hydrogen-bond acceptors (Lipinski definition) is 5. The Morgan fingerprint density at radius 3 is 2.79 bits per heavy atom. The third kappa shape index (κ3) is 2.56. The Hall–Kier alpha value is -2.67. The number of nitrogens with zero attached hydrogens (tertiary/aromatic N) is 1. The molecule has 0 radical (unpaired) electrons. The molecule has 1 aromatic carbocycles. The van der Waals surface area contributed by atoms with Gasteiger partial charge in [-0.1, -0.05) is 24.3 Å². The lowest BCUT2D eigenvalue weighted by atomic mass is 9.78. The Morgan fingerprint density at radius 1 is 1.33 bits per heavy atom. The SMILES string of the molecule is CCOC(=O)[C@@](C[N+](=O)[O-])(c1cccs1)c1c[nH]c2ccccc12. The number of nitro groups is 1. The van der Waals surface area contributed by atoms with Crippen molar-refractivity contribution in [3.63, 3.8) is 0 Å². The van der Waals surface area contributed by atoms with Crippen LogP contribution in [0.4, 0.5) is 0 Å². The molecule has 0 aliphatic rings. The average molecular weight is 344 g/mol. The lowest BCUT2D eigenvalue weighted by Gasteiger charge is -2.26. The molecule has 0 saturated carbocycles. The van der Waals surface area contributed by atoms with Crippen molar-refractivity contribution in [2.24, 2.45) is 0 Å². The number of esters is 1. The van der Waals surface area contributed by atoms with E-state index in [4.69, 9.17) is 4.74 Å². The first-order valence-corrected chi connectivity index (χ1v) is 8.37. The van der Waals surface area contributed by atoms with E-state index >= 15 is 0 Å². The fraction of sp³-hybridized carbons (Fsp3) is 0.235. The summed E-state index contributed by atoms with van der Waals surface area (Å²) in [7, 11) is 0. The molecule has 0 spiro atoms. The fourth-order valence-electron chi connectivity index (χ4n) is 2.96.